The zero-order valence-corrected chi connectivity index (χ0v) is 16.1. The first-order valence-electron chi connectivity index (χ1n) is 9.33. The van der Waals surface area contributed by atoms with E-state index >= 15 is 0 Å². The highest BCUT2D eigenvalue weighted by Gasteiger charge is 2.35. The first-order valence-corrected chi connectivity index (χ1v) is 9.33. The topological polar surface area (TPSA) is 112 Å². The first kappa shape index (κ1) is 19.1. The number of aromatic nitrogens is 4. The maximum Gasteiger partial charge on any atom is 0.224 e. The standard InChI is InChI=1S/C19H27N7O.H2/c1-13-6-7-23-26(13)9-8-21-18-22-12-14(11-20)17(25-18)24-15-4-5-16(27)19(2,3)10-15;/h6-7,12,15-16,27H,4-5,8-10H2,1-3H3,(H2,21,22,24,25);1H/t15-,16+;/m1./s1. The van der Waals surface area contributed by atoms with Gasteiger partial charge in [0.2, 0.25) is 5.95 Å². The molecule has 0 radical (unpaired) electrons. The van der Waals surface area contributed by atoms with Crippen LogP contribution in [0.25, 0.3) is 0 Å². The molecule has 2 aromatic rings. The Morgan fingerprint density at radius 1 is 1.44 bits per heavy atom. The summed E-state index contributed by atoms with van der Waals surface area (Å²) in [6.07, 6.45) is 5.44. The van der Waals surface area contributed by atoms with Gasteiger partial charge >= 0.3 is 0 Å². The smallest absolute Gasteiger partial charge is 0.224 e. The Morgan fingerprint density at radius 3 is 2.93 bits per heavy atom. The fourth-order valence-electron chi connectivity index (χ4n) is 3.50. The Hall–Kier alpha value is -2.66. The van der Waals surface area contributed by atoms with E-state index in [1.165, 1.54) is 0 Å². The summed E-state index contributed by atoms with van der Waals surface area (Å²) < 4.78 is 1.91. The summed E-state index contributed by atoms with van der Waals surface area (Å²) in [5, 5.41) is 30.3. The van der Waals surface area contributed by atoms with Crippen molar-refractivity contribution in [3.8, 4) is 6.07 Å². The summed E-state index contributed by atoms with van der Waals surface area (Å²) in [4.78, 5) is 8.73. The zero-order valence-electron chi connectivity index (χ0n) is 16.1. The number of anilines is 2. The Balaban J connectivity index is 0.00000280. The lowest BCUT2D eigenvalue weighted by Gasteiger charge is -2.40. The van der Waals surface area contributed by atoms with Crippen LogP contribution in [0.3, 0.4) is 0 Å². The van der Waals surface area contributed by atoms with Gasteiger partial charge < -0.3 is 15.7 Å². The molecule has 8 nitrogen and oxygen atoms in total. The number of nitrogens with one attached hydrogen (secondary N) is 2. The molecule has 1 saturated carbocycles. The maximum absolute atomic E-state index is 10.1. The predicted octanol–water partition coefficient (Wildman–Crippen LogP) is 2.56. The van der Waals surface area contributed by atoms with E-state index in [1.54, 1.807) is 12.4 Å². The van der Waals surface area contributed by atoms with Crippen LogP contribution in [0.4, 0.5) is 11.8 Å². The molecule has 0 saturated heterocycles. The van der Waals surface area contributed by atoms with Crippen molar-refractivity contribution in [2.75, 3.05) is 17.2 Å². The molecule has 146 valence electrons. The van der Waals surface area contributed by atoms with Gasteiger partial charge in [0.25, 0.3) is 0 Å². The summed E-state index contributed by atoms with van der Waals surface area (Å²) in [5.41, 5.74) is 1.37. The third-order valence-electron chi connectivity index (χ3n) is 5.25. The first-order chi connectivity index (χ1) is 12.9. The van der Waals surface area contributed by atoms with Gasteiger partial charge in [-0.05, 0) is 37.7 Å². The number of rotatable bonds is 6. The van der Waals surface area contributed by atoms with E-state index in [0.29, 0.717) is 30.4 Å². The molecule has 0 aromatic carbocycles. The average molecular weight is 371 g/mol. The van der Waals surface area contributed by atoms with E-state index in [4.69, 9.17) is 0 Å². The molecule has 8 heteroatoms. The molecule has 1 aliphatic carbocycles. The van der Waals surface area contributed by atoms with Crippen LogP contribution >= 0.6 is 0 Å². The van der Waals surface area contributed by atoms with Gasteiger partial charge in [0.1, 0.15) is 17.5 Å². The van der Waals surface area contributed by atoms with E-state index in [2.05, 4.69) is 45.6 Å². The van der Waals surface area contributed by atoms with Gasteiger partial charge in [-0.15, -0.1) is 0 Å². The highest BCUT2D eigenvalue weighted by molar-refractivity contribution is 5.54. The SMILES string of the molecule is Cc1ccnn1CCNc1ncc(C#N)c(N[C@@H]2CC[C@H](O)C(C)(C)C2)n1.[HH]. The molecule has 27 heavy (non-hydrogen) atoms. The fraction of sp³-hybridized carbons (Fsp3) is 0.579. The van der Waals surface area contributed by atoms with Gasteiger partial charge in [-0.3, -0.25) is 4.68 Å². The van der Waals surface area contributed by atoms with Gasteiger partial charge in [-0.2, -0.15) is 15.3 Å². The number of aliphatic hydroxyl groups excluding tert-OH is 1. The summed E-state index contributed by atoms with van der Waals surface area (Å²) in [6.45, 7) is 7.49. The zero-order chi connectivity index (χ0) is 19.4. The van der Waals surface area contributed by atoms with Crippen LogP contribution < -0.4 is 10.6 Å². The van der Waals surface area contributed by atoms with Crippen molar-refractivity contribution < 1.29 is 6.53 Å². The minimum Gasteiger partial charge on any atom is -0.393 e. The van der Waals surface area contributed by atoms with Gasteiger partial charge in [-0.25, -0.2) is 4.98 Å². The van der Waals surface area contributed by atoms with Crippen molar-refractivity contribution in [2.24, 2.45) is 5.41 Å². The minimum atomic E-state index is -0.292. The summed E-state index contributed by atoms with van der Waals surface area (Å²) in [6, 6.07) is 4.28. The van der Waals surface area contributed by atoms with E-state index in [-0.39, 0.29) is 19.0 Å². The largest absolute Gasteiger partial charge is 0.393 e. The average Bonchev–Trinajstić information content (AvgIpc) is 3.03. The van der Waals surface area contributed by atoms with Gasteiger partial charge in [0.15, 0.2) is 0 Å². The molecule has 0 bridgehead atoms. The third-order valence-corrected chi connectivity index (χ3v) is 5.25. The van der Waals surface area contributed by atoms with Crippen molar-refractivity contribution in [3.05, 3.63) is 29.7 Å². The molecule has 3 N–H and O–H groups in total. The van der Waals surface area contributed by atoms with Gasteiger partial charge in [0, 0.05) is 25.9 Å². The van der Waals surface area contributed by atoms with Gasteiger partial charge in [0.05, 0.1) is 18.8 Å². The Bertz CT molecular complexity index is 830. The lowest BCUT2D eigenvalue weighted by atomic mass is 9.73. The molecule has 0 amide bonds. The lowest BCUT2D eigenvalue weighted by Crippen LogP contribution is -2.41. The van der Waals surface area contributed by atoms with Crippen LogP contribution in [0.15, 0.2) is 18.5 Å². The molecule has 0 aliphatic heterocycles. The number of aryl methyl sites for hydroxylation is 1. The summed E-state index contributed by atoms with van der Waals surface area (Å²) in [5.74, 6) is 1.03. The summed E-state index contributed by atoms with van der Waals surface area (Å²) >= 11 is 0. The van der Waals surface area contributed by atoms with E-state index in [0.717, 1.165) is 25.0 Å². The van der Waals surface area contributed by atoms with Crippen LogP contribution in [-0.2, 0) is 6.54 Å². The molecule has 2 aromatic heterocycles. The Morgan fingerprint density at radius 2 is 2.26 bits per heavy atom. The van der Waals surface area contributed by atoms with E-state index in [1.807, 2.05) is 17.7 Å². The van der Waals surface area contributed by atoms with E-state index < -0.39 is 0 Å². The lowest BCUT2D eigenvalue weighted by molar-refractivity contribution is 0.00926. The van der Waals surface area contributed by atoms with E-state index in [9.17, 15) is 10.4 Å². The fourth-order valence-corrected chi connectivity index (χ4v) is 3.50. The van der Waals surface area contributed by atoms with Crippen LogP contribution in [0, 0.1) is 23.7 Å². The van der Waals surface area contributed by atoms with Gasteiger partial charge in [-0.1, -0.05) is 13.8 Å². The van der Waals surface area contributed by atoms with Crippen LogP contribution in [0.5, 0.6) is 0 Å². The van der Waals surface area contributed by atoms with Crippen LogP contribution in [0.2, 0.25) is 0 Å². The normalized spacial score (nSPS) is 21.4. The van der Waals surface area contributed by atoms with Crippen molar-refractivity contribution in [3.63, 3.8) is 0 Å². The molecule has 0 unspecified atom stereocenters. The highest BCUT2D eigenvalue weighted by atomic mass is 16.3. The number of nitrogens with zero attached hydrogens (tertiary/aromatic N) is 5. The molecule has 2 atom stereocenters. The van der Waals surface area contributed by atoms with Crippen molar-refractivity contribution >= 4 is 11.8 Å². The molecular weight excluding hydrogens is 342 g/mol. The molecular formula is C19H29N7O. The Kier molecular flexibility index (Phi) is 5.61. The van der Waals surface area contributed by atoms with Crippen LogP contribution in [0.1, 0.15) is 45.8 Å². The van der Waals surface area contributed by atoms with Crippen molar-refractivity contribution in [1.29, 1.82) is 5.26 Å². The second-order valence-corrected chi connectivity index (χ2v) is 7.82. The monoisotopic (exact) mass is 371 g/mol. The number of hydrogen-bond donors (Lipinski definition) is 3. The van der Waals surface area contributed by atoms with Crippen LogP contribution in [-0.4, -0.2) is 43.5 Å². The molecule has 1 fully saturated rings. The van der Waals surface area contributed by atoms with Crippen molar-refractivity contribution in [1.82, 2.24) is 19.7 Å². The number of nitriles is 1. The second kappa shape index (κ2) is 7.92. The molecule has 2 heterocycles. The predicted molar refractivity (Wildman–Crippen MR) is 105 cm³/mol. The third kappa shape index (κ3) is 4.55. The Labute approximate surface area is 161 Å². The molecule has 3 rings (SSSR count). The molecule has 0 spiro atoms. The number of hydrogen-bond acceptors (Lipinski definition) is 7. The molecule has 1 aliphatic rings. The quantitative estimate of drug-likeness (QED) is 0.715. The maximum atomic E-state index is 10.1. The second-order valence-electron chi connectivity index (χ2n) is 7.82. The summed E-state index contributed by atoms with van der Waals surface area (Å²) in [7, 11) is 0. The number of aliphatic hydroxyl groups is 1. The highest BCUT2D eigenvalue weighted by Crippen LogP contribution is 2.36. The minimum absolute atomic E-state index is 0. The van der Waals surface area contributed by atoms with Crippen molar-refractivity contribution in [2.45, 2.75) is 58.7 Å².